The maximum atomic E-state index is 2.54. The maximum absolute atomic E-state index is 2.54. The number of allylic oxidation sites excluding steroid dienone is 8. The van der Waals surface area contributed by atoms with Crippen molar-refractivity contribution >= 4 is 0 Å². The van der Waals surface area contributed by atoms with Gasteiger partial charge in [-0.3, -0.25) is 0 Å². The number of unbranched alkanes of at least 4 members (excludes halogenated alkanes) is 18. The van der Waals surface area contributed by atoms with Crippen LogP contribution in [0.25, 0.3) is 0 Å². The zero-order chi connectivity index (χ0) is 32.2. The van der Waals surface area contributed by atoms with E-state index in [1.807, 2.05) is 0 Å². The highest BCUT2D eigenvalue weighted by Crippen LogP contribution is 2.28. The van der Waals surface area contributed by atoms with Crippen LogP contribution in [0.2, 0.25) is 0 Å². The second kappa shape index (κ2) is 36.4. The van der Waals surface area contributed by atoms with Gasteiger partial charge in [0.15, 0.2) is 0 Å². The molecule has 0 fully saturated rings. The molecule has 0 aromatic rings. The van der Waals surface area contributed by atoms with Crippen LogP contribution in [0.1, 0.15) is 194 Å². The molecular formula is C43H81N. The summed E-state index contributed by atoms with van der Waals surface area (Å²) in [5, 5.41) is 0. The van der Waals surface area contributed by atoms with Crippen molar-refractivity contribution in [2.75, 3.05) is 20.6 Å². The second-order valence-corrected chi connectivity index (χ2v) is 14.1. The SMILES string of the molecule is CCCCC/C=C\C/C=C\CCCCCCCCC(CCCCCCCC/C=C\C/C=C\CCCCC)C(C)CCN(C)C. The van der Waals surface area contributed by atoms with E-state index >= 15 is 0 Å². The van der Waals surface area contributed by atoms with Gasteiger partial charge >= 0.3 is 0 Å². The summed E-state index contributed by atoms with van der Waals surface area (Å²) in [5.74, 6) is 1.81. The van der Waals surface area contributed by atoms with Crippen molar-refractivity contribution in [2.24, 2.45) is 11.8 Å². The first-order valence-electron chi connectivity index (χ1n) is 19.9. The molecule has 1 nitrogen and oxygen atoms in total. The van der Waals surface area contributed by atoms with Crippen molar-refractivity contribution in [1.82, 2.24) is 4.90 Å². The van der Waals surface area contributed by atoms with Crippen LogP contribution in [0.15, 0.2) is 48.6 Å². The summed E-state index contributed by atoms with van der Waals surface area (Å²) in [6, 6.07) is 0. The van der Waals surface area contributed by atoms with Gasteiger partial charge in [0.1, 0.15) is 0 Å². The van der Waals surface area contributed by atoms with Gasteiger partial charge in [0, 0.05) is 0 Å². The Labute approximate surface area is 279 Å². The van der Waals surface area contributed by atoms with E-state index in [9.17, 15) is 0 Å². The Morgan fingerprint density at radius 3 is 1.11 bits per heavy atom. The number of nitrogens with zero attached hydrogens (tertiary/aromatic N) is 1. The van der Waals surface area contributed by atoms with Crippen LogP contribution in [0.3, 0.4) is 0 Å². The lowest BCUT2D eigenvalue weighted by atomic mass is 9.82. The van der Waals surface area contributed by atoms with Crippen molar-refractivity contribution in [3.8, 4) is 0 Å². The standard InChI is InChI=1S/C43H81N/c1-6-8-10-12-14-16-18-20-22-24-26-28-30-32-34-36-38-43(42(3)40-41-44(4)5)39-37-35-33-31-29-27-25-23-21-19-17-15-13-11-9-7-2/h14-17,20-23,42-43H,6-13,18-19,24-41H2,1-5H3/b16-14-,17-15-,22-20-,23-21-. The molecule has 0 aliphatic rings. The number of rotatable bonds is 34. The molecule has 0 saturated carbocycles. The van der Waals surface area contributed by atoms with Gasteiger partial charge in [-0.1, -0.05) is 172 Å². The second-order valence-electron chi connectivity index (χ2n) is 14.1. The largest absolute Gasteiger partial charge is 0.309 e. The van der Waals surface area contributed by atoms with Crippen LogP contribution in [-0.4, -0.2) is 25.5 Å². The minimum absolute atomic E-state index is 0.869. The van der Waals surface area contributed by atoms with Crippen molar-refractivity contribution in [3.63, 3.8) is 0 Å². The van der Waals surface area contributed by atoms with Gasteiger partial charge in [-0.15, -0.1) is 0 Å². The van der Waals surface area contributed by atoms with Gasteiger partial charge in [-0.25, -0.2) is 0 Å². The molecule has 0 rings (SSSR count). The third kappa shape index (κ3) is 33.8. The molecule has 1 heteroatoms. The fraction of sp³-hybridized carbons (Fsp3) is 0.814. The molecule has 0 saturated heterocycles. The molecule has 0 spiro atoms. The summed E-state index contributed by atoms with van der Waals surface area (Å²) in [6.45, 7) is 8.33. The molecule has 258 valence electrons. The van der Waals surface area contributed by atoms with Gasteiger partial charge in [0.2, 0.25) is 0 Å². The number of hydrogen-bond acceptors (Lipinski definition) is 1. The van der Waals surface area contributed by atoms with Crippen LogP contribution >= 0.6 is 0 Å². The fourth-order valence-electron chi connectivity index (χ4n) is 6.20. The Morgan fingerprint density at radius 1 is 0.409 bits per heavy atom. The monoisotopic (exact) mass is 612 g/mol. The van der Waals surface area contributed by atoms with Gasteiger partial charge in [0.25, 0.3) is 0 Å². The quantitative estimate of drug-likeness (QED) is 0.0517. The topological polar surface area (TPSA) is 3.24 Å². The summed E-state index contributed by atoms with van der Waals surface area (Å²) in [5.41, 5.74) is 0. The molecule has 1 unspecified atom stereocenters. The first-order valence-corrected chi connectivity index (χ1v) is 19.9. The van der Waals surface area contributed by atoms with Gasteiger partial charge < -0.3 is 4.90 Å². The summed E-state index contributed by atoms with van der Waals surface area (Å²) >= 11 is 0. The lowest BCUT2D eigenvalue weighted by molar-refractivity contribution is 0.254. The molecule has 0 aliphatic heterocycles. The van der Waals surface area contributed by atoms with Crippen LogP contribution in [0.4, 0.5) is 0 Å². The molecule has 1 atom stereocenters. The lowest BCUT2D eigenvalue weighted by Gasteiger charge is -2.25. The summed E-state index contributed by atoms with van der Waals surface area (Å²) in [4.78, 5) is 2.37. The minimum atomic E-state index is 0.869. The van der Waals surface area contributed by atoms with Crippen molar-refractivity contribution in [2.45, 2.75) is 194 Å². The predicted molar refractivity (Wildman–Crippen MR) is 204 cm³/mol. The van der Waals surface area contributed by atoms with E-state index in [1.54, 1.807) is 0 Å². The first kappa shape index (κ1) is 42.9. The third-order valence-corrected chi connectivity index (χ3v) is 9.39. The average molecular weight is 612 g/mol. The lowest BCUT2D eigenvalue weighted by Crippen LogP contribution is -2.20. The smallest absolute Gasteiger partial charge is 0.00222 e. The van der Waals surface area contributed by atoms with E-state index in [2.05, 4.69) is 88.4 Å². The molecule has 0 aromatic carbocycles. The summed E-state index contributed by atoms with van der Waals surface area (Å²) in [6.07, 6.45) is 55.7. The van der Waals surface area contributed by atoms with Gasteiger partial charge in [-0.05, 0) is 103 Å². The van der Waals surface area contributed by atoms with Crippen LogP contribution in [-0.2, 0) is 0 Å². The highest BCUT2D eigenvalue weighted by atomic mass is 15.0. The van der Waals surface area contributed by atoms with E-state index in [-0.39, 0.29) is 0 Å². The molecule has 0 amide bonds. The molecule has 0 bridgehead atoms. The fourth-order valence-corrected chi connectivity index (χ4v) is 6.20. The van der Waals surface area contributed by atoms with Crippen molar-refractivity contribution in [1.29, 1.82) is 0 Å². The Kier molecular flexibility index (Phi) is 35.5. The van der Waals surface area contributed by atoms with Crippen molar-refractivity contribution < 1.29 is 0 Å². The molecule has 0 heterocycles. The zero-order valence-electron chi connectivity index (χ0n) is 31.0. The maximum Gasteiger partial charge on any atom is -0.00222 e. The minimum Gasteiger partial charge on any atom is -0.309 e. The first-order chi connectivity index (χ1) is 21.6. The average Bonchev–Trinajstić information content (AvgIpc) is 3.02. The third-order valence-electron chi connectivity index (χ3n) is 9.39. The molecule has 0 N–H and O–H groups in total. The Hall–Kier alpha value is -1.08. The highest BCUT2D eigenvalue weighted by molar-refractivity contribution is 4.93. The van der Waals surface area contributed by atoms with E-state index in [0.29, 0.717) is 0 Å². The molecule has 44 heavy (non-hydrogen) atoms. The normalized spacial score (nSPS) is 13.3. The van der Waals surface area contributed by atoms with Crippen molar-refractivity contribution in [3.05, 3.63) is 48.6 Å². The van der Waals surface area contributed by atoms with Gasteiger partial charge in [-0.2, -0.15) is 0 Å². The summed E-state index contributed by atoms with van der Waals surface area (Å²) < 4.78 is 0. The van der Waals surface area contributed by atoms with E-state index < -0.39 is 0 Å². The Bertz CT molecular complexity index is 606. The Morgan fingerprint density at radius 2 is 0.750 bits per heavy atom. The van der Waals surface area contributed by atoms with E-state index in [1.165, 1.54) is 167 Å². The van der Waals surface area contributed by atoms with Crippen LogP contribution in [0.5, 0.6) is 0 Å². The van der Waals surface area contributed by atoms with Gasteiger partial charge in [0.05, 0.1) is 0 Å². The molecule has 0 aromatic heterocycles. The van der Waals surface area contributed by atoms with E-state index in [0.717, 1.165) is 24.7 Å². The number of hydrogen-bond donors (Lipinski definition) is 0. The molecular weight excluding hydrogens is 530 g/mol. The zero-order valence-corrected chi connectivity index (χ0v) is 31.0. The highest BCUT2D eigenvalue weighted by Gasteiger charge is 2.17. The molecule has 0 radical (unpaired) electrons. The van der Waals surface area contributed by atoms with Crippen LogP contribution in [0, 0.1) is 11.8 Å². The molecule has 0 aliphatic carbocycles. The predicted octanol–water partition coefficient (Wildman–Crippen LogP) is 14.6. The van der Waals surface area contributed by atoms with E-state index in [4.69, 9.17) is 0 Å². The summed E-state index contributed by atoms with van der Waals surface area (Å²) in [7, 11) is 4.46. The van der Waals surface area contributed by atoms with Crippen LogP contribution < -0.4 is 0 Å². The Balaban J connectivity index is 3.90.